The average molecular weight is 291 g/mol. The molecular weight excluding hydrogens is 274 g/mol. The van der Waals surface area contributed by atoms with Gasteiger partial charge in [-0.3, -0.25) is 4.90 Å². The van der Waals surface area contributed by atoms with E-state index in [1.54, 1.807) is 22.7 Å². The summed E-state index contributed by atoms with van der Waals surface area (Å²) in [5, 5.41) is 12.9. The Balaban J connectivity index is 1.96. The SMILES string of the molecule is CCN(Cc1cccs1)Cc1cc(C#CCO)cs1. The summed E-state index contributed by atoms with van der Waals surface area (Å²) in [6, 6.07) is 6.39. The van der Waals surface area contributed by atoms with Crippen LogP contribution < -0.4 is 0 Å². The Kier molecular flexibility index (Phi) is 5.62. The van der Waals surface area contributed by atoms with Crippen LogP contribution in [0.15, 0.2) is 29.0 Å². The molecule has 0 bridgehead atoms. The van der Waals surface area contributed by atoms with E-state index in [1.165, 1.54) is 9.75 Å². The number of aliphatic hydroxyl groups is 1. The lowest BCUT2D eigenvalue weighted by Crippen LogP contribution is -2.21. The smallest absolute Gasteiger partial charge is 0.104 e. The molecule has 2 aromatic rings. The van der Waals surface area contributed by atoms with Crippen molar-refractivity contribution in [2.75, 3.05) is 13.2 Å². The second-order valence-corrected chi connectivity index (χ2v) is 6.17. The van der Waals surface area contributed by atoms with Crippen molar-refractivity contribution in [3.05, 3.63) is 44.3 Å². The van der Waals surface area contributed by atoms with E-state index in [0.717, 1.165) is 25.2 Å². The van der Waals surface area contributed by atoms with E-state index in [2.05, 4.69) is 52.6 Å². The molecule has 0 saturated carbocycles. The summed E-state index contributed by atoms with van der Waals surface area (Å²) in [7, 11) is 0. The van der Waals surface area contributed by atoms with Crippen molar-refractivity contribution in [3.8, 4) is 11.8 Å². The number of hydrogen-bond acceptors (Lipinski definition) is 4. The minimum atomic E-state index is -0.0787. The van der Waals surface area contributed by atoms with Crippen molar-refractivity contribution >= 4 is 22.7 Å². The maximum absolute atomic E-state index is 8.68. The van der Waals surface area contributed by atoms with Crippen molar-refractivity contribution < 1.29 is 5.11 Å². The number of hydrogen-bond donors (Lipinski definition) is 1. The summed E-state index contributed by atoms with van der Waals surface area (Å²) in [4.78, 5) is 5.14. The highest BCUT2D eigenvalue weighted by Crippen LogP contribution is 2.19. The molecule has 0 amide bonds. The standard InChI is InChI=1S/C15H17NOS2/c1-2-16(10-14-6-4-8-18-14)11-15-9-13(12-19-15)5-3-7-17/h4,6,8-9,12,17H,2,7,10-11H2,1H3. The first-order chi connectivity index (χ1) is 9.31. The van der Waals surface area contributed by atoms with Crippen molar-refractivity contribution in [2.45, 2.75) is 20.0 Å². The van der Waals surface area contributed by atoms with Gasteiger partial charge in [-0.15, -0.1) is 22.7 Å². The van der Waals surface area contributed by atoms with Crippen molar-refractivity contribution in [1.29, 1.82) is 0 Å². The zero-order valence-electron chi connectivity index (χ0n) is 10.9. The fourth-order valence-electron chi connectivity index (χ4n) is 1.79. The molecule has 2 nitrogen and oxygen atoms in total. The van der Waals surface area contributed by atoms with Gasteiger partial charge in [-0.25, -0.2) is 0 Å². The fourth-order valence-corrected chi connectivity index (χ4v) is 3.40. The molecule has 0 aliphatic heterocycles. The van der Waals surface area contributed by atoms with Gasteiger partial charge in [0.05, 0.1) is 0 Å². The van der Waals surface area contributed by atoms with E-state index in [9.17, 15) is 0 Å². The molecule has 2 aromatic heterocycles. The molecule has 0 atom stereocenters. The van der Waals surface area contributed by atoms with Crippen LogP contribution in [0.4, 0.5) is 0 Å². The topological polar surface area (TPSA) is 23.5 Å². The van der Waals surface area contributed by atoms with Crippen LogP contribution in [0.3, 0.4) is 0 Å². The number of rotatable bonds is 5. The Hall–Kier alpha value is -1.12. The highest BCUT2D eigenvalue weighted by molar-refractivity contribution is 7.10. The molecule has 0 spiro atoms. The molecule has 2 rings (SSSR count). The average Bonchev–Trinajstić information content (AvgIpc) is 3.07. The maximum atomic E-state index is 8.68. The number of thiophene rings is 2. The largest absolute Gasteiger partial charge is 0.384 e. The van der Waals surface area contributed by atoms with E-state index >= 15 is 0 Å². The Morgan fingerprint density at radius 1 is 1.26 bits per heavy atom. The maximum Gasteiger partial charge on any atom is 0.104 e. The normalized spacial score (nSPS) is 10.5. The molecule has 0 saturated heterocycles. The molecule has 0 radical (unpaired) electrons. The summed E-state index contributed by atoms with van der Waals surface area (Å²) < 4.78 is 0. The lowest BCUT2D eigenvalue weighted by atomic mass is 10.3. The summed E-state index contributed by atoms with van der Waals surface area (Å²) >= 11 is 3.54. The molecule has 0 aliphatic carbocycles. The van der Waals surface area contributed by atoms with E-state index in [0.29, 0.717) is 0 Å². The van der Waals surface area contributed by atoms with E-state index in [4.69, 9.17) is 5.11 Å². The minimum Gasteiger partial charge on any atom is -0.384 e. The molecule has 0 unspecified atom stereocenters. The molecule has 100 valence electrons. The zero-order valence-corrected chi connectivity index (χ0v) is 12.6. The third-order valence-corrected chi connectivity index (χ3v) is 4.53. The molecule has 0 fully saturated rings. The molecule has 1 N–H and O–H groups in total. The lowest BCUT2D eigenvalue weighted by molar-refractivity contribution is 0.276. The van der Waals surface area contributed by atoms with Gasteiger partial charge in [0.25, 0.3) is 0 Å². The molecule has 19 heavy (non-hydrogen) atoms. The second-order valence-electron chi connectivity index (χ2n) is 4.14. The minimum absolute atomic E-state index is 0.0787. The van der Waals surface area contributed by atoms with Crippen molar-refractivity contribution in [1.82, 2.24) is 4.90 Å². The van der Waals surface area contributed by atoms with Crippen LogP contribution in [-0.4, -0.2) is 23.2 Å². The fraction of sp³-hybridized carbons (Fsp3) is 0.333. The molecule has 0 aromatic carbocycles. The molecule has 4 heteroatoms. The molecule has 0 aliphatic rings. The summed E-state index contributed by atoms with van der Waals surface area (Å²) in [6.07, 6.45) is 0. The van der Waals surface area contributed by atoms with Crippen LogP contribution >= 0.6 is 22.7 Å². The highest BCUT2D eigenvalue weighted by Gasteiger charge is 2.07. The van der Waals surface area contributed by atoms with Crippen LogP contribution in [0.2, 0.25) is 0 Å². The quantitative estimate of drug-likeness (QED) is 0.855. The molecule has 2 heterocycles. The van der Waals surface area contributed by atoms with Gasteiger partial charge in [-0.2, -0.15) is 0 Å². The van der Waals surface area contributed by atoms with Crippen molar-refractivity contribution in [3.63, 3.8) is 0 Å². The van der Waals surface area contributed by atoms with Crippen LogP contribution in [0.5, 0.6) is 0 Å². The number of aliphatic hydroxyl groups excluding tert-OH is 1. The van der Waals surface area contributed by atoms with Crippen LogP contribution in [-0.2, 0) is 13.1 Å². The van der Waals surface area contributed by atoms with Gasteiger partial charge in [0.2, 0.25) is 0 Å². The summed E-state index contributed by atoms with van der Waals surface area (Å²) in [5.41, 5.74) is 1.00. The monoisotopic (exact) mass is 291 g/mol. The second kappa shape index (κ2) is 7.46. The first kappa shape index (κ1) is 14.3. The van der Waals surface area contributed by atoms with Gasteiger partial charge in [0.15, 0.2) is 0 Å². The van der Waals surface area contributed by atoms with Gasteiger partial charge >= 0.3 is 0 Å². The third kappa shape index (κ3) is 4.48. The first-order valence-corrected chi connectivity index (χ1v) is 7.99. The van der Waals surface area contributed by atoms with E-state index in [1.807, 2.05) is 0 Å². The van der Waals surface area contributed by atoms with Crippen molar-refractivity contribution in [2.24, 2.45) is 0 Å². The van der Waals surface area contributed by atoms with E-state index in [-0.39, 0.29) is 6.61 Å². The predicted molar refractivity (Wildman–Crippen MR) is 82.4 cm³/mol. The van der Waals surface area contributed by atoms with Gasteiger partial charge in [-0.1, -0.05) is 24.8 Å². The highest BCUT2D eigenvalue weighted by atomic mass is 32.1. The number of nitrogens with zero attached hydrogens (tertiary/aromatic N) is 1. The Morgan fingerprint density at radius 2 is 2.11 bits per heavy atom. The molecular formula is C15H17NOS2. The van der Waals surface area contributed by atoms with E-state index < -0.39 is 0 Å². The Bertz CT molecular complexity index is 548. The predicted octanol–water partition coefficient (Wildman–Crippen LogP) is 3.18. The summed E-state index contributed by atoms with van der Waals surface area (Å²) in [5.74, 6) is 5.63. The van der Waals surface area contributed by atoms with Gasteiger partial charge in [-0.05, 0) is 24.1 Å². The zero-order chi connectivity index (χ0) is 13.5. The van der Waals surface area contributed by atoms with Crippen LogP contribution in [0, 0.1) is 11.8 Å². The lowest BCUT2D eigenvalue weighted by Gasteiger charge is -2.18. The van der Waals surface area contributed by atoms with Crippen LogP contribution in [0.25, 0.3) is 0 Å². The van der Waals surface area contributed by atoms with Gasteiger partial charge in [0.1, 0.15) is 6.61 Å². The summed E-state index contributed by atoms with van der Waals surface area (Å²) in [6.45, 7) is 5.11. The third-order valence-electron chi connectivity index (χ3n) is 2.75. The Morgan fingerprint density at radius 3 is 2.79 bits per heavy atom. The van der Waals surface area contributed by atoms with Gasteiger partial charge < -0.3 is 5.11 Å². The first-order valence-electron chi connectivity index (χ1n) is 6.23. The Labute approximate surface area is 122 Å². The van der Waals surface area contributed by atoms with Crippen LogP contribution in [0.1, 0.15) is 22.2 Å². The van der Waals surface area contributed by atoms with Gasteiger partial charge in [0, 0.05) is 33.8 Å².